The fourth-order valence-corrected chi connectivity index (χ4v) is 3.93. The number of hydrogen-bond donors (Lipinski definition) is 2. The highest BCUT2D eigenvalue weighted by Gasteiger charge is 2.41. The first-order valence-electron chi connectivity index (χ1n) is 7.45. The number of carboxylic acids is 1. The maximum Gasteiger partial charge on any atom is 0.303 e. The second kappa shape index (κ2) is 9.03. The van der Waals surface area contributed by atoms with Gasteiger partial charge < -0.3 is 15.2 Å². The van der Waals surface area contributed by atoms with Crippen LogP contribution in [0.2, 0.25) is 0 Å². The number of alkyl halides is 1. The quantitative estimate of drug-likeness (QED) is 0.596. The van der Waals surface area contributed by atoms with Crippen LogP contribution < -0.4 is 5.32 Å². The van der Waals surface area contributed by atoms with E-state index in [4.69, 9.17) is 4.74 Å². The summed E-state index contributed by atoms with van der Waals surface area (Å²) in [5, 5.41) is 12.0. The number of hydrogen-bond acceptors (Lipinski definition) is 3. The molecule has 0 unspecified atom stereocenters. The van der Waals surface area contributed by atoms with Crippen molar-refractivity contribution in [3.05, 3.63) is 10.6 Å². The Morgan fingerprint density at radius 3 is 2.45 bits per heavy atom. The van der Waals surface area contributed by atoms with Crippen molar-refractivity contribution in [2.24, 2.45) is 5.92 Å². The van der Waals surface area contributed by atoms with E-state index >= 15 is 0 Å². The molecule has 2 N–H and O–H groups in total. The number of amides is 1. The van der Waals surface area contributed by atoms with Gasteiger partial charge in [-0.1, -0.05) is 45.7 Å². The molecule has 1 aliphatic carbocycles. The van der Waals surface area contributed by atoms with Crippen molar-refractivity contribution in [2.75, 3.05) is 0 Å². The number of allylic oxidation sites excluding steroid dienone is 1. The third-order valence-corrected chi connectivity index (χ3v) is 6.36. The molecule has 0 aromatic carbocycles. The summed E-state index contributed by atoms with van der Waals surface area (Å²) in [6.07, 6.45) is 3.33. The molecule has 5 nitrogen and oxygen atoms in total. The van der Waals surface area contributed by atoms with Gasteiger partial charge in [-0.15, -0.1) is 0 Å². The molecule has 0 aliphatic heterocycles. The van der Waals surface area contributed by atoms with Crippen LogP contribution in [-0.4, -0.2) is 40.1 Å². The average Bonchev–Trinajstić information content (AvgIpc) is 2.44. The molecular formula is C15H23Br2NO4. The third kappa shape index (κ3) is 5.35. The number of carbonyl (C=O) groups is 2. The summed E-state index contributed by atoms with van der Waals surface area (Å²) in [6, 6.07) is -0.375. The number of aliphatic carboxylic acids is 1. The average molecular weight is 441 g/mol. The largest absolute Gasteiger partial charge is 0.481 e. The molecule has 0 bridgehead atoms. The van der Waals surface area contributed by atoms with Gasteiger partial charge in [-0.25, -0.2) is 0 Å². The van der Waals surface area contributed by atoms with Crippen LogP contribution in [0.3, 0.4) is 0 Å². The van der Waals surface area contributed by atoms with E-state index in [9.17, 15) is 14.7 Å². The zero-order valence-corrected chi connectivity index (χ0v) is 16.2. The fourth-order valence-electron chi connectivity index (χ4n) is 2.67. The minimum atomic E-state index is -0.895. The number of carboxylic acid groups (broad SMARTS) is 1. The summed E-state index contributed by atoms with van der Waals surface area (Å²) in [6.45, 7) is 5.53. The van der Waals surface area contributed by atoms with Gasteiger partial charge in [-0.3, -0.25) is 9.59 Å². The highest BCUT2D eigenvalue weighted by atomic mass is 79.9. The van der Waals surface area contributed by atoms with Crippen LogP contribution in [0.25, 0.3) is 0 Å². The van der Waals surface area contributed by atoms with Crippen LogP contribution in [0.4, 0.5) is 0 Å². The van der Waals surface area contributed by atoms with Gasteiger partial charge in [0.1, 0.15) is 0 Å². The first-order valence-corrected chi connectivity index (χ1v) is 9.16. The minimum Gasteiger partial charge on any atom is -0.481 e. The van der Waals surface area contributed by atoms with Crippen LogP contribution >= 0.6 is 31.9 Å². The summed E-state index contributed by atoms with van der Waals surface area (Å²) in [7, 11) is 0. The van der Waals surface area contributed by atoms with Gasteiger partial charge in [0.15, 0.2) is 0 Å². The first kappa shape index (κ1) is 19.6. The molecule has 1 rings (SSSR count). The van der Waals surface area contributed by atoms with Gasteiger partial charge in [-0.2, -0.15) is 0 Å². The molecule has 0 aromatic rings. The lowest BCUT2D eigenvalue weighted by molar-refractivity contribution is -0.139. The summed E-state index contributed by atoms with van der Waals surface area (Å²) >= 11 is 7.00. The standard InChI is InChI=1S/C15H23Br2NO4/c1-4-9(5-2)22-12-7-11(16)14(17)10(6-13(20)21)15(12)18-8(3)19/h7,9-10,12,14-15H,4-6H2,1-3H3,(H,18,19)(H,20,21)/t10-,12-,14-,15+/m1/s1. The molecule has 1 amide bonds. The minimum absolute atomic E-state index is 0.0490. The Labute approximate surface area is 148 Å². The Morgan fingerprint density at radius 1 is 1.41 bits per heavy atom. The van der Waals surface area contributed by atoms with E-state index in [1.807, 2.05) is 19.9 Å². The van der Waals surface area contributed by atoms with Crippen molar-refractivity contribution >= 4 is 43.7 Å². The van der Waals surface area contributed by atoms with Gasteiger partial charge in [0, 0.05) is 17.3 Å². The Hall–Kier alpha value is -0.400. The highest BCUT2D eigenvalue weighted by molar-refractivity contribution is 9.14. The number of nitrogens with one attached hydrogen (secondary N) is 1. The number of carbonyl (C=O) groups excluding carboxylic acids is 1. The second-order valence-corrected chi connectivity index (χ2v) is 7.38. The predicted octanol–water partition coefficient (Wildman–Crippen LogP) is 3.21. The van der Waals surface area contributed by atoms with Crippen LogP contribution in [0.1, 0.15) is 40.0 Å². The molecule has 126 valence electrons. The molecule has 4 atom stereocenters. The van der Waals surface area contributed by atoms with Crippen LogP contribution in [0, 0.1) is 5.92 Å². The second-order valence-electron chi connectivity index (χ2n) is 5.48. The van der Waals surface area contributed by atoms with Crippen molar-refractivity contribution < 1.29 is 19.4 Å². The number of rotatable bonds is 7. The van der Waals surface area contributed by atoms with E-state index in [1.54, 1.807) is 0 Å². The Balaban J connectivity index is 3.07. The lowest BCUT2D eigenvalue weighted by Gasteiger charge is -2.40. The third-order valence-electron chi connectivity index (χ3n) is 3.82. The fraction of sp³-hybridized carbons (Fsp3) is 0.733. The smallest absolute Gasteiger partial charge is 0.303 e. The van der Waals surface area contributed by atoms with Crippen molar-refractivity contribution in [3.63, 3.8) is 0 Å². The summed E-state index contributed by atoms with van der Waals surface area (Å²) in [5.41, 5.74) is 0. The summed E-state index contributed by atoms with van der Waals surface area (Å²) < 4.78 is 6.96. The molecule has 0 saturated heterocycles. The molecular weight excluding hydrogens is 418 g/mol. The SMILES string of the molecule is CCC(CC)O[C@@H]1C=C(Br)[C@H](Br)[C@@H](CC(=O)O)[C@@H]1NC(C)=O. The lowest BCUT2D eigenvalue weighted by atomic mass is 9.84. The number of halogens is 2. The topological polar surface area (TPSA) is 75.6 Å². The van der Waals surface area contributed by atoms with Crippen molar-refractivity contribution in [1.82, 2.24) is 5.32 Å². The zero-order valence-electron chi connectivity index (χ0n) is 13.0. The van der Waals surface area contributed by atoms with Gasteiger partial charge in [0.2, 0.25) is 5.91 Å². The van der Waals surface area contributed by atoms with Gasteiger partial charge in [-0.05, 0) is 18.9 Å². The Kier molecular flexibility index (Phi) is 8.07. The van der Waals surface area contributed by atoms with E-state index in [0.717, 1.165) is 17.3 Å². The molecule has 0 spiro atoms. The molecule has 0 aromatic heterocycles. The molecule has 0 fully saturated rings. The van der Waals surface area contributed by atoms with E-state index in [2.05, 4.69) is 37.2 Å². The maximum absolute atomic E-state index is 11.5. The van der Waals surface area contributed by atoms with E-state index in [0.29, 0.717) is 0 Å². The molecule has 7 heteroatoms. The monoisotopic (exact) mass is 439 g/mol. The maximum atomic E-state index is 11.5. The number of ether oxygens (including phenoxy) is 1. The molecule has 22 heavy (non-hydrogen) atoms. The molecule has 0 heterocycles. The van der Waals surface area contributed by atoms with Crippen molar-refractivity contribution in [1.29, 1.82) is 0 Å². The molecule has 0 saturated carbocycles. The lowest BCUT2D eigenvalue weighted by Crippen LogP contribution is -2.54. The van der Waals surface area contributed by atoms with Crippen LogP contribution in [0.15, 0.2) is 10.6 Å². The van der Waals surface area contributed by atoms with E-state index in [-0.39, 0.29) is 41.3 Å². The Bertz CT molecular complexity index is 437. The van der Waals surface area contributed by atoms with Gasteiger partial charge in [0.05, 0.1) is 29.5 Å². The van der Waals surface area contributed by atoms with Crippen LogP contribution in [0.5, 0.6) is 0 Å². The first-order chi connectivity index (χ1) is 10.3. The zero-order chi connectivity index (χ0) is 16.9. The molecule has 0 radical (unpaired) electrons. The van der Waals surface area contributed by atoms with Crippen molar-refractivity contribution in [2.45, 2.75) is 63.1 Å². The van der Waals surface area contributed by atoms with E-state index < -0.39 is 5.97 Å². The normalized spacial score (nSPS) is 28.4. The summed E-state index contributed by atoms with van der Waals surface area (Å²) in [5.74, 6) is -1.38. The van der Waals surface area contributed by atoms with E-state index in [1.165, 1.54) is 6.92 Å². The van der Waals surface area contributed by atoms with Crippen molar-refractivity contribution in [3.8, 4) is 0 Å². The predicted molar refractivity (Wildman–Crippen MR) is 92.3 cm³/mol. The molecule has 1 aliphatic rings. The van der Waals surface area contributed by atoms with Gasteiger partial charge in [0.25, 0.3) is 0 Å². The van der Waals surface area contributed by atoms with Gasteiger partial charge >= 0.3 is 5.97 Å². The van der Waals surface area contributed by atoms with Crippen LogP contribution in [-0.2, 0) is 14.3 Å². The summed E-state index contributed by atoms with van der Waals surface area (Å²) in [4.78, 5) is 22.6. The highest BCUT2D eigenvalue weighted by Crippen LogP contribution is 2.38. The Morgan fingerprint density at radius 2 is 2.00 bits per heavy atom.